The Morgan fingerprint density at radius 1 is 1.18 bits per heavy atom. The lowest BCUT2D eigenvalue weighted by Crippen LogP contribution is -2.44. The number of benzene rings is 1. The predicted molar refractivity (Wildman–Crippen MR) is 130 cm³/mol. The summed E-state index contributed by atoms with van der Waals surface area (Å²) in [6.45, 7) is 10.7. The first-order chi connectivity index (χ1) is 15.9. The smallest absolute Gasteiger partial charge is 0.410 e. The number of fused-ring (bicyclic) bond motifs is 3. The summed E-state index contributed by atoms with van der Waals surface area (Å²) in [5.41, 5.74) is 4.33. The molecule has 1 spiro atoms. The van der Waals surface area contributed by atoms with Gasteiger partial charge in [-0.2, -0.15) is 0 Å². The molecule has 1 heterocycles. The molecule has 1 N–H and O–H groups in total. The Labute approximate surface area is 202 Å². The Bertz CT molecular complexity index is 1100. The molecule has 1 atom stereocenters. The van der Waals surface area contributed by atoms with Crippen molar-refractivity contribution in [1.29, 1.82) is 0 Å². The highest BCUT2D eigenvalue weighted by molar-refractivity contribution is 6.11. The quantitative estimate of drug-likeness (QED) is 0.675. The second-order valence-electron chi connectivity index (χ2n) is 12.3. The molecule has 2 amide bonds. The van der Waals surface area contributed by atoms with Gasteiger partial charge in [-0.3, -0.25) is 9.59 Å². The van der Waals surface area contributed by atoms with E-state index >= 15 is 0 Å². The first kappa shape index (κ1) is 23.1. The molecule has 0 radical (unpaired) electrons. The van der Waals surface area contributed by atoms with Gasteiger partial charge in [-0.05, 0) is 80.7 Å². The van der Waals surface area contributed by atoms with Gasteiger partial charge in [-0.25, -0.2) is 4.79 Å². The zero-order valence-corrected chi connectivity index (χ0v) is 21.0. The molecule has 3 aliphatic carbocycles. The van der Waals surface area contributed by atoms with Crippen LogP contribution in [-0.4, -0.2) is 47.4 Å². The van der Waals surface area contributed by atoms with Crippen molar-refractivity contribution < 1.29 is 19.1 Å². The molecule has 2 fully saturated rings. The van der Waals surface area contributed by atoms with Crippen molar-refractivity contribution in [1.82, 2.24) is 10.2 Å². The van der Waals surface area contributed by atoms with Crippen molar-refractivity contribution in [3.8, 4) is 0 Å². The highest BCUT2D eigenvalue weighted by Gasteiger charge is 2.54. The van der Waals surface area contributed by atoms with Gasteiger partial charge in [0.15, 0.2) is 5.78 Å². The molecule has 1 saturated carbocycles. The van der Waals surface area contributed by atoms with Gasteiger partial charge in [0, 0.05) is 42.1 Å². The van der Waals surface area contributed by atoms with Crippen molar-refractivity contribution in [2.45, 2.75) is 84.8 Å². The number of amides is 2. The van der Waals surface area contributed by atoms with Crippen LogP contribution in [-0.2, 0) is 16.0 Å². The maximum atomic E-state index is 13.3. The van der Waals surface area contributed by atoms with Crippen molar-refractivity contribution in [2.24, 2.45) is 10.8 Å². The summed E-state index contributed by atoms with van der Waals surface area (Å²) in [5, 5.41) is 3.11. The van der Waals surface area contributed by atoms with Crippen molar-refractivity contribution in [3.63, 3.8) is 0 Å². The fourth-order valence-electron chi connectivity index (χ4n) is 6.44. The lowest BCUT2D eigenvalue weighted by Gasteiger charge is -2.51. The minimum atomic E-state index is -0.538. The normalized spacial score (nSPS) is 24.6. The van der Waals surface area contributed by atoms with E-state index in [2.05, 4.69) is 19.2 Å². The van der Waals surface area contributed by atoms with Gasteiger partial charge in [-0.1, -0.05) is 26.3 Å². The zero-order chi connectivity index (χ0) is 24.5. The highest BCUT2D eigenvalue weighted by Crippen LogP contribution is 2.63. The van der Waals surface area contributed by atoms with E-state index in [1.54, 1.807) is 4.90 Å². The first-order valence-electron chi connectivity index (χ1n) is 12.6. The molecule has 6 heteroatoms. The largest absolute Gasteiger partial charge is 0.444 e. The van der Waals surface area contributed by atoms with Gasteiger partial charge in [0.1, 0.15) is 5.60 Å². The third-order valence-corrected chi connectivity index (χ3v) is 8.00. The number of nitrogens with one attached hydrogen (secondary N) is 1. The Kier molecular flexibility index (Phi) is 5.23. The number of hydrogen-bond acceptors (Lipinski definition) is 4. The second-order valence-corrected chi connectivity index (χ2v) is 12.3. The monoisotopic (exact) mass is 464 g/mol. The number of ether oxygens (including phenoxy) is 1. The summed E-state index contributed by atoms with van der Waals surface area (Å²) in [4.78, 5) is 40.4. The van der Waals surface area contributed by atoms with Gasteiger partial charge in [-0.15, -0.1) is 0 Å². The molecule has 1 aliphatic heterocycles. The van der Waals surface area contributed by atoms with E-state index in [1.165, 1.54) is 12.0 Å². The van der Waals surface area contributed by atoms with Crippen molar-refractivity contribution in [3.05, 3.63) is 40.5 Å². The molecule has 1 aromatic rings. The van der Waals surface area contributed by atoms with E-state index < -0.39 is 5.60 Å². The van der Waals surface area contributed by atoms with Crippen LogP contribution in [0.4, 0.5) is 4.79 Å². The van der Waals surface area contributed by atoms with E-state index in [1.807, 2.05) is 39.0 Å². The Hall–Kier alpha value is -2.63. The number of nitrogens with zero attached hydrogens (tertiary/aromatic N) is 1. The molecule has 4 aliphatic rings. The van der Waals surface area contributed by atoms with E-state index in [-0.39, 0.29) is 34.7 Å². The lowest BCUT2D eigenvalue weighted by atomic mass is 9.52. The van der Waals surface area contributed by atoms with Crippen LogP contribution < -0.4 is 5.32 Å². The van der Waals surface area contributed by atoms with Crippen LogP contribution in [0.25, 0.3) is 5.57 Å². The highest BCUT2D eigenvalue weighted by atomic mass is 16.6. The summed E-state index contributed by atoms with van der Waals surface area (Å²) in [6, 6.07) is 5.80. The lowest BCUT2D eigenvalue weighted by molar-refractivity contribution is -0.126. The number of allylic oxidation sites excluding steroid dienone is 2. The van der Waals surface area contributed by atoms with Crippen LogP contribution in [0.2, 0.25) is 0 Å². The minimum absolute atomic E-state index is 0.0897. The molecule has 0 aromatic heterocycles. The topological polar surface area (TPSA) is 75.7 Å². The molecule has 0 bridgehead atoms. The average molecular weight is 465 g/mol. The molecule has 1 unspecified atom stereocenters. The third-order valence-electron chi connectivity index (χ3n) is 8.00. The summed E-state index contributed by atoms with van der Waals surface area (Å²) in [5.74, 6) is 0.147. The van der Waals surface area contributed by atoms with E-state index in [0.29, 0.717) is 31.5 Å². The zero-order valence-electron chi connectivity index (χ0n) is 21.0. The van der Waals surface area contributed by atoms with Crippen molar-refractivity contribution in [2.75, 3.05) is 13.1 Å². The summed E-state index contributed by atoms with van der Waals surface area (Å²) >= 11 is 0. The fraction of sp³-hybridized carbons (Fsp3) is 0.607. The Morgan fingerprint density at radius 2 is 1.91 bits per heavy atom. The number of carbonyl (C=O) groups excluding carboxylic acids is 3. The third kappa shape index (κ3) is 3.85. The average Bonchev–Trinajstić information content (AvgIpc) is 3.33. The SMILES string of the molecule is CC(C)(C)OC(=O)N1CCC(NC(=O)c2ccc3c(c2)C2=C(C3)C(=O)C(C)(C)CC23CCC3)C1. The van der Waals surface area contributed by atoms with Crippen LogP contribution in [0.5, 0.6) is 0 Å². The molecule has 1 saturated heterocycles. The van der Waals surface area contributed by atoms with E-state index in [9.17, 15) is 14.4 Å². The van der Waals surface area contributed by atoms with Crippen LogP contribution >= 0.6 is 0 Å². The maximum Gasteiger partial charge on any atom is 0.410 e. The molecule has 1 aromatic carbocycles. The van der Waals surface area contributed by atoms with Gasteiger partial charge < -0.3 is 15.0 Å². The second kappa shape index (κ2) is 7.69. The van der Waals surface area contributed by atoms with Crippen molar-refractivity contribution >= 4 is 23.4 Å². The van der Waals surface area contributed by atoms with Crippen LogP contribution in [0.3, 0.4) is 0 Å². The van der Waals surface area contributed by atoms with Crippen LogP contribution in [0.15, 0.2) is 23.8 Å². The molecule has 182 valence electrons. The van der Waals surface area contributed by atoms with Gasteiger partial charge in [0.05, 0.1) is 0 Å². The van der Waals surface area contributed by atoms with Gasteiger partial charge in [0.2, 0.25) is 0 Å². The number of Topliss-reactive ketones (excluding diaryl/α,β-unsaturated/α-hetero) is 1. The van der Waals surface area contributed by atoms with Crippen LogP contribution in [0, 0.1) is 10.8 Å². The van der Waals surface area contributed by atoms with Gasteiger partial charge in [0.25, 0.3) is 5.91 Å². The number of hydrogen-bond donors (Lipinski definition) is 1. The van der Waals surface area contributed by atoms with E-state index in [4.69, 9.17) is 4.74 Å². The van der Waals surface area contributed by atoms with E-state index in [0.717, 1.165) is 36.0 Å². The standard InChI is InChI=1S/C28H36N2O4/c1-26(2,3)34-25(33)30-12-9-19(15-30)29-24(32)18-8-7-17-13-21-22(20(17)14-18)28(10-6-11-28)16-27(4,5)23(21)31/h7-8,14,19H,6,9-13,15-16H2,1-5H3,(H,29,32). The molecular formula is C28H36N2O4. The molecule has 6 nitrogen and oxygen atoms in total. The summed E-state index contributed by atoms with van der Waals surface area (Å²) in [7, 11) is 0. The number of rotatable bonds is 2. The number of likely N-dealkylation sites (tertiary alicyclic amines) is 1. The number of carbonyl (C=O) groups is 3. The Balaban J connectivity index is 1.33. The molecule has 5 rings (SSSR count). The minimum Gasteiger partial charge on any atom is -0.444 e. The predicted octanol–water partition coefficient (Wildman–Crippen LogP) is 4.90. The maximum absolute atomic E-state index is 13.3. The Morgan fingerprint density at radius 3 is 2.56 bits per heavy atom. The summed E-state index contributed by atoms with van der Waals surface area (Å²) < 4.78 is 5.46. The molecular weight excluding hydrogens is 428 g/mol. The molecule has 34 heavy (non-hydrogen) atoms. The van der Waals surface area contributed by atoms with Gasteiger partial charge >= 0.3 is 6.09 Å². The summed E-state index contributed by atoms with van der Waals surface area (Å²) in [6.07, 6.45) is 5.41. The first-order valence-corrected chi connectivity index (χ1v) is 12.6. The fourth-order valence-corrected chi connectivity index (χ4v) is 6.44. The number of ketones is 1. The van der Waals surface area contributed by atoms with Crippen LogP contribution in [0.1, 0.15) is 88.2 Å².